The summed E-state index contributed by atoms with van der Waals surface area (Å²) < 4.78 is 6.59. The van der Waals surface area contributed by atoms with E-state index in [1.165, 1.54) is 0 Å². The lowest BCUT2D eigenvalue weighted by Gasteiger charge is -2.17. The third-order valence-corrected chi connectivity index (χ3v) is 6.87. The van der Waals surface area contributed by atoms with E-state index in [0.29, 0.717) is 29.5 Å². The normalized spacial score (nSPS) is 15.0. The first-order chi connectivity index (χ1) is 17.7. The molecule has 192 valence electrons. The Balaban J connectivity index is 1.28. The summed E-state index contributed by atoms with van der Waals surface area (Å²) in [6.45, 7) is 4.40. The Morgan fingerprint density at radius 3 is 2.35 bits per heavy atom. The number of halogens is 2. The molecular weight excluding hydrogens is 558 g/mol. The first-order valence-electron chi connectivity index (χ1n) is 11.8. The monoisotopic (exact) mass is 583 g/mol. The highest BCUT2D eigenvalue weighted by atomic mass is 79.9. The fraction of sp³-hybridized carbons (Fsp3) is 0.250. The van der Waals surface area contributed by atoms with Crippen LogP contribution in [0, 0.1) is 19.8 Å². The molecule has 4 rings (SSSR count). The SMILES string of the molecule is Cc1cc(Br)cc(C)c1NC(=O)COc1ccc(N2C[C@H](C(=O)NCc3ccc(Cl)cc3)CC2=O)cc1. The van der Waals surface area contributed by atoms with Gasteiger partial charge in [-0.15, -0.1) is 0 Å². The lowest BCUT2D eigenvalue weighted by molar-refractivity contribution is -0.126. The molecule has 0 spiro atoms. The summed E-state index contributed by atoms with van der Waals surface area (Å²) >= 11 is 9.35. The van der Waals surface area contributed by atoms with Gasteiger partial charge in [0.05, 0.1) is 5.92 Å². The zero-order valence-electron chi connectivity index (χ0n) is 20.5. The zero-order valence-corrected chi connectivity index (χ0v) is 22.9. The molecule has 1 aliphatic rings. The molecular formula is C28H27BrClN3O4. The Morgan fingerprint density at radius 1 is 1.05 bits per heavy atom. The summed E-state index contributed by atoms with van der Waals surface area (Å²) in [7, 11) is 0. The number of ether oxygens (including phenoxy) is 1. The van der Waals surface area contributed by atoms with Crippen molar-refractivity contribution in [2.45, 2.75) is 26.8 Å². The lowest BCUT2D eigenvalue weighted by Crippen LogP contribution is -2.32. The molecule has 1 fully saturated rings. The molecule has 1 heterocycles. The molecule has 7 nitrogen and oxygen atoms in total. The Labute approximate surface area is 229 Å². The average Bonchev–Trinajstić information content (AvgIpc) is 3.26. The van der Waals surface area contributed by atoms with Crippen LogP contribution in [0.4, 0.5) is 11.4 Å². The molecule has 3 aromatic rings. The molecule has 3 aromatic carbocycles. The zero-order chi connectivity index (χ0) is 26.5. The van der Waals surface area contributed by atoms with Gasteiger partial charge in [0, 0.05) is 40.4 Å². The summed E-state index contributed by atoms with van der Waals surface area (Å²) in [6, 6.07) is 18.0. The van der Waals surface area contributed by atoms with E-state index in [2.05, 4.69) is 26.6 Å². The van der Waals surface area contributed by atoms with E-state index in [9.17, 15) is 14.4 Å². The van der Waals surface area contributed by atoms with E-state index in [0.717, 1.165) is 26.9 Å². The molecule has 0 aromatic heterocycles. The third kappa shape index (κ3) is 6.90. The maximum Gasteiger partial charge on any atom is 0.262 e. The summed E-state index contributed by atoms with van der Waals surface area (Å²) in [5, 5.41) is 6.43. The minimum atomic E-state index is -0.426. The number of rotatable bonds is 8. The maximum absolute atomic E-state index is 12.6. The van der Waals surface area contributed by atoms with Crippen LogP contribution in [0.2, 0.25) is 5.02 Å². The standard InChI is InChI=1S/C28H27BrClN3O4/c1-17-11-21(29)12-18(2)27(17)32-25(34)16-37-24-9-7-23(8-10-24)33-15-20(13-26(33)35)28(36)31-14-19-3-5-22(30)6-4-19/h3-12,20H,13-16H2,1-2H3,(H,31,36)(H,32,34)/t20-/m1/s1. The predicted octanol–water partition coefficient (Wildman–Crippen LogP) is 5.41. The van der Waals surface area contributed by atoms with Crippen LogP contribution in [-0.4, -0.2) is 30.9 Å². The van der Waals surface area contributed by atoms with Crippen molar-refractivity contribution in [1.82, 2.24) is 5.32 Å². The maximum atomic E-state index is 12.6. The van der Waals surface area contributed by atoms with Crippen LogP contribution in [0.15, 0.2) is 65.1 Å². The highest BCUT2D eigenvalue weighted by Gasteiger charge is 2.35. The second-order valence-electron chi connectivity index (χ2n) is 8.99. The summed E-state index contributed by atoms with van der Waals surface area (Å²) in [6.07, 6.45) is 0.153. The van der Waals surface area contributed by atoms with E-state index in [4.69, 9.17) is 16.3 Å². The summed E-state index contributed by atoms with van der Waals surface area (Å²) in [4.78, 5) is 39.2. The van der Waals surface area contributed by atoms with Gasteiger partial charge in [-0.3, -0.25) is 14.4 Å². The van der Waals surface area contributed by atoms with Crippen molar-refractivity contribution in [3.05, 3.63) is 86.8 Å². The molecule has 2 N–H and O–H groups in total. The minimum Gasteiger partial charge on any atom is -0.484 e. The number of nitrogens with one attached hydrogen (secondary N) is 2. The number of carbonyl (C=O) groups is 3. The first kappa shape index (κ1) is 26.7. The van der Waals surface area contributed by atoms with Crippen LogP contribution in [-0.2, 0) is 20.9 Å². The van der Waals surface area contributed by atoms with Gasteiger partial charge in [-0.1, -0.05) is 39.7 Å². The molecule has 0 aliphatic carbocycles. The molecule has 0 unspecified atom stereocenters. The molecule has 9 heteroatoms. The fourth-order valence-electron chi connectivity index (χ4n) is 4.22. The summed E-state index contributed by atoms with van der Waals surface area (Å²) in [5.74, 6) is -0.454. The largest absolute Gasteiger partial charge is 0.484 e. The predicted molar refractivity (Wildman–Crippen MR) is 148 cm³/mol. The number of hydrogen-bond acceptors (Lipinski definition) is 4. The van der Waals surface area contributed by atoms with Crippen molar-refractivity contribution in [3.8, 4) is 5.75 Å². The fourth-order valence-corrected chi connectivity index (χ4v) is 5.04. The minimum absolute atomic E-state index is 0.111. The average molecular weight is 585 g/mol. The molecule has 3 amide bonds. The van der Waals surface area contributed by atoms with Crippen LogP contribution in [0.1, 0.15) is 23.1 Å². The van der Waals surface area contributed by atoms with Crippen molar-refractivity contribution in [3.63, 3.8) is 0 Å². The Kier molecular flexibility index (Phi) is 8.51. The molecule has 1 saturated heterocycles. The smallest absolute Gasteiger partial charge is 0.262 e. The second-order valence-corrected chi connectivity index (χ2v) is 10.3. The van der Waals surface area contributed by atoms with E-state index in [1.807, 2.05) is 38.1 Å². The van der Waals surface area contributed by atoms with Crippen molar-refractivity contribution >= 4 is 56.6 Å². The van der Waals surface area contributed by atoms with Gasteiger partial charge in [-0.2, -0.15) is 0 Å². The Bertz CT molecular complexity index is 1290. The van der Waals surface area contributed by atoms with Crippen molar-refractivity contribution in [2.24, 2.45) is 5.92 Å². The topological polar surface area (TPSA) is 87.7 Å². The number of nitrogens with zero attached hydrogens (tertiary/aromatic N) is 1. The van der Waals surface area contributed by atoms with Gasteiger partial charge in [0.25, 0.3) is 5.91 Å². The van der Waals surface area contributed by atoms with Gasteiger partial charge in [-0.25, -0.2) is 0 Å². The van der Waals surface area contributed by atoms with Gasteiger partial charge in [-0.05, 0) is 79.1 Å². The molecule has 0 saturated carbocycles. The second kappa shape index (κ2) is 11.8. The highest BCUT2D eigenvalue weighted by Crippen LogP contribution is 2.28. The third-order valence-electron chi connectivity index (χ3n) is 6.16. The molecule has 1 atom stereocenters. The van der Waals surface area contributed by atoms with Crippen LogP contribution in [0.5, 0.6) is 5.75 Å². The number of anilines is 2. The molecule has 0 bridgehead atoms. The van der Waals surface area contributed by atoms with Crippen molar-refractivity contribution < 1.29 is 19.1 Å². The van der Waals surface area contributed by atoms with Gasteiger partial charge in [0.1, 0.15) is 5.75 Å². The van der Waals surface area contributed by atoms with E-state index in [-0.39, 0.29) is 30.7 Å². The van der Waals surface area contributed by atoms with Crippen LogP contribution >= 0.6 is 27.5 Å². The number of hydrogen-bond donors (Lipinski definition) is 2. The first-order valence-corrected chi connectivity index (χ1v) is 13.0. The number of benzene rings is 3. The van der Waals surface area contributed by atoms with Gasteiger partial charge >= 0.3 is 0 Å². The van der Waals surface area contributed by atoms with E-state index in [1.54, 1.807) is 41.3 Å². The lowest BCUT2D eigenvalue weighted by atomic mass is 10.1. The highest BCUT2D eigenvalue weighted by molar-refractivity contribution is 9.10. The number of carbonyl (C=O) groups excluding carboxylic acids is 3. The van der Waals surface area contributed by atoms with Gasteiger partial charge in [0.2, 0.25) is 11.8 Å². The van der Waals surface area contributed by atoms with Crippen LogP contribution in [0.25, 0.3) is 0 Å². The van der Waals surface area contributed by atoms with Gasteiger partial charge < -0.3 is 20.3 Å². The Hall–Kier alpha value is -3.36. The van der Waals surface area contributed by atoms with E-state index >= 15 is 0 Å². The molecule has 1 aliphatic heterocycles. The van der Waals surface area contributed by atoms with Gasteiger partial charge in [0.15, 0.2) is 6.61 Å². The van der Waals surface area contributed by atoms with Crippen LogP contribution in [0.3, 0.4) is 0 Å². The number of aryl methyl sites for hydroxylation is 2. The number of amides is 3. The summed E-state index contributed by atoms with van der Waals surface area (Å²) in [5.41, 5.74) is 4.29. The quantitative estimate of drug-likeness (QED) is 0.371. The Morgan fingerprint density at radius 2 is 1.70 bits per heavy atom. The van der Waals surface area contributed by atoms with Crippen LogP contribution < -0.4 is 20.3 Å². The van der Waals surface area contributed by atoms with Crippen molar-refractivity contribution in [1.29, 1.82) is 0 Å². The molecule has 37 heavy (non-hydrogen) atoms. The molecule has 0 radical (unpaired) electrons. The van der Waals surface area contributed by atoms with E-state index < -0.39 is 5.92 Å². The van der Waals surface area contributed by atoms with Crippen molar-refractivity contribution in [2.75, 3.05) is 23.4 Å².